The molecule has 0 radical (unpaired) electrons. The van der Waals surface area contributed by atoms with Gasteiger partial charge in [-0.05, 0) is 47.2 Å². The molecule has 2 amide bonds. The number of rotatable bonds is 6. The molecule has 4 rings (SSSR count). The first kappa shape index (κ1) is 23.3. The van der Waals surface area contributed by atoms with Gasteiger partial charge in [0.2, 0.25) is 5.91 Å². The van der Waals surface area contributed by atoms with Crippen LogP contribution in [0.2, 0.25) is 0 Å². The molecular weight excluding hydrogens is 453 g/mol. The summed E-state index contributed by atoms with van der Waals surface area (Å²) in [4.78, 5) is 30.6. The van der Waals surface area contributed by atoms with Crippen molar-refractivity contribution in [1.82, 2.24) is 40.7 Å². The fraction of sp³-hybridized carbons (Fsp3) is 0.333. The highest BCUT2D eigenvalue weighted by Gasteiger charge is 2.38. The molecule has 0 spiro atoms. The van der Waals surface area contributed by atoms with E-state index in [-0.39, 0.29) is 30.2 Å². The molecule has 3 heterocycles. The second kappa shape index (κ2) is 9.55. The van der Waals surface area contributed by atoms with E-state index in [0.29, 0.717) is 35.6 Å². The molecule has 1 aliphatic rings. The average Bonchev–Trinajstić information content (AvgIpc) is 3.30. The number of nitrogens with zero attached hydrogens (tertiary/aromatic N) is 6. The molecule has 0 bridgehead atoms. The number of piperazine rings is 1. The van der Waals surface area contributed by atoms with E-state index >= 15 is 0 Å². The molecule has 0 aliphatic carbocycles. The zero-order valence-electron chi connectivity index (χ0n) is 18.1. The fourth-order valence-corrected chi connectivity index (χ4v) is 3.50. The van der Waals surface area contributed by atoms with Crippen LogP contribution in [-0.2, 0) is 11.0 Å². The van der Waals surface area contributed by atoms with Crippen molar-refractivity contribution in [2.24, 2.45) is 0 Å². The Labute approximate surface area is 192 Å². The molecule has 1 aromatic carbocycles. The Morgan fingerprint density at radius 2 is 2.06 bits per heavy atom. The topological polar surface area (TPSA) is 118 Å². The molecule has 10 nitrogen and oxygen atoms in total. The highest BCUT2D eigenvalue weighted by atomic mass is 19.4. The van der Waals surface area contributed by atoms with Gasteiger partial charge in [-0.1, -0.05) is 6.07 Å². The molecule has 2 N–H and O–H groups in total. The number of amides is 2. The number of hydrogen-bond acceptors (Lipinski definition) is 7. The van der Waals surface area contributed by atoms with E-state index in [0.717, 1.165) is 5.56 Å². The summed E-state index contributed by atoms with van der Waals surface area (Å²) in [6.45, 7) is 4.02. The van der Waals surface area contributed by atoms with Crippen molar-refractivity contribution < 1.29 is 22.8 Å². The third-order valence-corrected chi connectivity index (χ3v) is 5.19. The van der Waals surface area contributed by atoms with Crippen molar-refractivity contribution in [3.05, 3.63) is 53.5 Å². The minimum absolute atomic E-state index is 0.0324. The van der Waals surface area contributed by atoms with Crippen molar-refractivity contribution in [2.75, 3.05) is 32.7 Å². The van der Waals surface area contributed by atoms with Crippen LogP contribution in [0.15, 0.2) is 36.5 Å². The molecule has 1 saturated heterocycles. The number of benzene rings is 1. The van der Waals surface area contributed by atoms with E-state index in [1.165, 1.54) is 12.1 Å². The van der Waals surface area contributed by atoms with E-state index in [2.05, 4.69) is 31.1 Å². The van der Waals surface area contributed by atoms with Gasteiger partial charge in [-0.3, -0.25) is 19.5 Å². The lowest BCUT2D eigenvalue weighted by molar-refractivity contribution is -0.146. The van der Waals surface area contributed by atoms with Gasteiger partial charge in [-0.15, -0.1) is 5.10 Å². The Hall–Kier alpha value is -3.87. The summed E-state index contributed by atoms with van der Waals surface area (Å²) in [5.74, 6) is -1.88. The Morgan fingerprint density at radius 3 is 2.76 bits per heavy atom. The fourth-order valence-electron chi connectivity index (χ4n) is 3.50. The summed E-state index contributed by atoms with van der Waals surface area (Å²) in [6.07, 6.45) is -3.17. The van der Waals surface area contributed by atoms with E-state index in [1.807, 2.05) is 17.9 Å². The number of carbonyl (C=O) groups is 2. The molecule has 0 atom stereocenters. The summed E-state index contributed by atoms with van der Waals surface area (Å²) in [5.41, 5.74) is 1.90. The molecular formula is C21H21F3N8O2. The van der Waals surface area contributed by atoms with Crippen LogP contribution in [0, 0.1) is 6.92 Å². The minimum atomic E-state index is -4.79. The number of aryl methyl sites for hydroxylation is 1. The molecule has 178 valence electrons. The summed E-state index contributed by atoms with van der Waals surface area (Å²) < 4.78 is 40.7. The summed E-state index contributed by atoms with van der Waals surface area (Å²) in [5, 5.41) is 15.2. The largest absolute Gasteiger partial charge is 0.453 e. The average molecular weight is 474 g/mol. The summed E-state index contributed by atoms with van der Waals surface area (Å²) in [6, 6.07) is 7.78. The van der Waals surface area contributed by atoms with Gasteiger partial charge in [0.05, 0.1) is 17.9 Å². The molecule has 34 heavy (non-hydrogen) atoms. The Morgan fingerprint density at radius 1 is 1.24 bits per heavy atom. The van der Waals surface area contributed by atoms with Crippen molar-refractivity contribution in [3.8, 4) is 16.9 Å². The maximum absolute atomic E-state index is 13.4. The van der Waals surface area contributed by atoms with Gasteiger partial charge >= 0.3 is 6.18 Å². The van der Waals surface area contributed by atoms with E-state index in [4.69, 9.17) is 0 Å². The first-order valence-electron chi connectivity index (χ1n) is 10.4. The van der Waals surface area contributed by atoms with Crippen LogP contribution in [0.3, 0.4) is 0 Å². The summed E-state index contributed by atoms with van der Waals surface area (Å²) >= 11 is 0. The van der Waals surface area contributed by atoms with Crippen LogP contribution in [0.4, 0.5) is 13.2 Å². The van der Waals surface area contributed by atoms with Gasteiger partial charge < -0.3 is 10.6 Å². The van der Waals surface area contributed by atoms with Crippen molar-refractivity contribution in [3.63, 3.8) is 0 Å². The van der Waals surface area contributed by atoms with Crippen LogP contribution in [-0.4, -0.2) is 74.6 Å². The van der Waals surface area contributed by atoms with Crippen molar-refractivity contribution >= 4 is 11.8 Å². The van der Waals surface area contributed by atoms with Crippen LogP contribution >= 0.6 is 0 Å². The van der Waals surface area contributed by atoms with E-state index in [9.17, 15) is 22.8 Å². The standard InChI is InChI=1S/C21H21F3N8O2/c1-13-2-3-17(27-11-13)14-8-15(19(34)26-5-7-31-6-4-25-18(33)12-31)10-16(9-14)32-20(21(22,23)24)28-29-30-32/h2-3,8-11H,4-7,12H2,1H3,(H,25,33)(H,26,34). The number of nitrogens with one attached hydrogen (secondary N) is 2. The second-order valence-corrected chi connectivity index (χ2v) is 7.78. The monoisotopic (exact) mass is 474 g/mol. The molecule has 1 aliphatic heterocycles. The molecule has 1 fully saturated rings. The smallest absolute Gasteiger partial charge is 0.354 e. The van der Waals surface area contributed by atoms with Crippen molar-refractivity contribution in [2.45, 2.75) is 13.1 Å². The predicted molar refractivity (Wildman–Crippen MR) is 114 cm³/mol. The maximum Gasteiger partial charge on any atom is 0.453 e. The number of halogens is 3. The molecule has 0 unspecified atom stereocenters. The lowest BCUT2D eigenvalue weighted by atomic mass is 10.0. The zero-order valence-corrected chi connectivity index (χ0v) is 18.1. The van der Waals surface area contributed by atoms with E-state index < -0.39 is 17.9 Å². The van der Waals surface area contributed by atoms with Gasteiger partial charge in [0.1, 0.15) is 0 Å². The van der Waals surface area contributed by atoms with Gasteiger partial charge in [0.15, 0.2) is 0 Å². The highest BCUT2D eigenvalue weighted by molar-refractivity contribution is 5.96. The van der Waals surface area contributed by atoms with Gasteiger partial charge in [-0.25, -0.2) is 0 Å². The van der Waals surface area contributed by atoms with Crippen LogP contribution in [0.1, 0.15) is 21.7 Å². The quantitative estimate of drug-likeness (QED) is 0.552. The maximum atomic E-state index is 13.4. The van der Waals surface area contributed by atoms with Gasteiger partial charge in [0, 0.05) is 43.5 Å². The van der Waals surface area contributed by atoms with E-state index in [1.54, 1.807) is 18.3 Å². The lowest BCUT2D eigenvalue weighted by Gasteiger charge is -2.26. The normalized spacial score (nSPS) is 14.6. The number of carbonyl (C=O) groups excluding carboxylic acids is 2. The van der Waals surface area contributed by atoms with Crippen LogP contribution in [0.25, 0.3) is 16.9 Å². The number of alkyl halides is 3. The SMILES string of the molecule is Cc1ccc(-c2cc(C(=O)NCCN3CCNC(=O)C3)cc(-n3nnnc3C(F)(F)F)c2)nc1. The highest BCUT2D eigenvalue weighted by Crippen LogP contribution is 2.30. The van der Waals surface area contributed by atoms with Crippen molar-refractivity contribution in [1.29, 1.82) is 0 Å². The Balaban J connectivity index is 1.62. The molecule has 13 heteroatoms. The predicted octanol–water partition coefficient (Wildman–Crippen LogP) is 1.21. The minimum Gasteiger partial charge on any atom is -0.354 e. The summed E-state index contributed by atoms with van der Waals surface area (Å²) in [7, 11) is 0. The van der Waals surface area contributed by atoms with Crippen LogP contribution in [0.5, 0.6) is 0 Å². The van der Waals surface area contributed by atoms with Gasteiger partial charge in [0.25, 0.3) is 11.7 Å². The zero-order chi connectivity index (χ0) is 24.3. The second-order valence-electron chi connectivity index (χ2n) is 7.78. The lowest BCUT2D eigenvalue weighted by Crippen LogP contribution is -2.49. The molecule has 3 aromatic rings. The first-order chi connectivity index (χ1) is 16.2. The number of pyridine rings is 1. The van der Waals surface area contributed by atoms with Gasteiger partial charge in [-0.2, -0.15) is 17.9 Å². The molecule has 0 saturated carbocycles. The third kappa shape index (κ3) is 5.36. The number of hydrogen-bond donors (Lipinski definition) is 2. The first-order valence-corrected chi connectivity index (χ1v) is 10.4. The number of tetrazole rings is 1. The number of aromatic nitrogens is 5. The Kier molecular flexibility index (Phi) is 6.54. The Bertz CT molecular complexity index is 1190. The van der Waals surface area contributed by atoms with Crippen LogP contribution < -0.4 is 10.6 Å². The third-order valence-electron chi connectivity index (χ3n) is 5.19. The molecule has 2 aromatic heterocycles.